The molecule has 0 bridgehead atoms. The molecule has 0 aliphatic carbocycles. The van der Waals surface area contributed by atoms with Gasteiger partial charge in [0.2, 0.25) is 0 Å². The lowest BCUT2D eigenvalue weighted by Crippen LogP contribution is -2.05. The molecular formula is C20H19FN2O5S. The number of methoxy groups -OCH3 is 2. The lowest BCUT2D eigenvalue weighted by atomic mass is 10.1. The molecule has 0 unspecified atom stereocenters. The van der Waals surface area contributed by atoms with Gasteiger partial charge in [-0.25, -0.2) is 4.39 Å². The van der Waals surface area contributed by atoms with Gasteiger partial charge < -0.3 is 18.6 Å². The first-order valence-electron chi connectivity index (χ1n) is 8.63. The van der Waals surface area contributed by atoms with Crippen LogP contribution in [0.25, 0.3) is 0 Å². The maximum absolute atomic E-state index is 13.0. The maximum Gasteiger partial charge on any atom is 0.277 e. The van der Waals surface area contributed by atoms with Crippen molar-refractivity contribution in [1.82, 2.24) is 10.2 Å². The van der Waals surface area contributed by atoms with E-state index in [9.17, 15) is 9.18 Å². The molecule has 7 nitrogen and oxygen atoms in total. The van der Waals surface area contributed by atoms with E-state index in [0.717, 1.165) is 11.8 Å². The normalized spacial score (nSPS) is 11.7. The van der Waals surface area contributed by atoms with Crippen molar-refractivity contribution in [2.75, 3.05) is 20.0 Å². The molecule has 0 saturated heterocycles. The highest BCUT2D eigenvalue weighted by atomic mass is 32.2. The molecule has 0 N–H and O–H groups in total. The molecule has 0 fully saturated rings. The van der Waals surface area contributed by atoms with Crippen LogP contribution in [0.5, 0.6) is 17.2 Å². The molecule has 0 aliphatic rings. The van der Waals surface area contributed by atoms with Crippen LogP contribution in [0.1, 0.15) is 29.3 Å². The summed E-state index contributed by atoms with van der Waals surface area (Å²) in [4.78, 5) is 12.6. The molecule has 3 aromatic rings. The summed E-state index contributed by atoms with van der Waals surface area (Å²) in [5.41, 5.74) is 0.409. The van der Waals surface area contributed by atoms with Crippen molar-refractivity contribution in [3.63, 3.8) is 0 Å². The summed E-state index contributed by atoms with van der Waals surface area (Å²) >= 11 is 1.11. The highest BCUT2D eigenvalue weighted by Gasteiger charge is 2.19. The third-order valence-corrected chi connectivity index (χ3v) is 4.75. The second-order valence-electron chi connectivity index (χ2n) is 5.90. The van der Waals surface area contributed by atoms with Crippen LogP contribution >= 0.6 is 11.8 Å². The van der Waals surface area contributed by atoms with Gasteiger partial charge in [0.1, 0.15) is 23.1 Å². The zero-order valence-electron chi connectivity index (χ0n) is 16.0. The van der Waals surface area contributed by atoms with E-state index < -0.39 is 6.10 Å². The van der Waals surface area contributed by atoms with Crippen molar-refractivity contribution in [2.45, 2.75) is 18.3 Å². The Morgan fingerprint density at radius 1 is 1.10 bits per heavy atom. The number of aromatic nitrogens is 2. The number of carbonyl (C=O) groups excluding carboxylic acids is 1. The van der Waals surface area contributed by atoms with Crippen LogP contribution in [0.2, 0.25) is 0 Å². The summed E-state index contributed by atoms with van der Waals surface area (Å²) < 4.78 is 34.6. The van der Waals surface area contributed by atoms with E-state index in [1.807, 2.05) is 0 Å². The van der Waals surface area contributed by atoms with Gasteiger partial charge in [0.15, 0.2) is 11.9 Å². The molecular weight excluding hydrogens is 399 g/mol. The first kappa shape index (κ1) is 20.7. The van der Waals surface area contributed by atoms with Crippen LogP contribution < -0.4 is 14.2 Å². The monoisotopic (exact) mass is 418 g/mol. The fourth-order valence-corrected chi connectivity index (χ4v) is 3.10. The highest BCUT2D eigenvalue weighted by molar-refractivity contribution is 7.99. The number of benzene rings is 2. The van der Waals surface area contributed by atoms with Crippen molar-refractivity contribution in [3.05, 3.63) is 59.7 Å². The third kappa shape index (κ3) is 5.26. The predicted octanol–water partition coefficient (Wildman–Crippen LogP) is 4.34. The lowest BCUT2D eigenvalue weighted by Gasteiger charge is -2.10. The molecule has 1 aromatic heterocycles. The van der Waals surface area contributed by atoms with Crippen LogP contribution in [0.15, 0.2) is 52.1 Å². The zero-order valence-corrected chi connectivity index (χ0v) is 16.9. The molecule has 0 aliphatic heterocycles. The molecule has 0 amide bonds. The predicted molar refractivity (Wildman–Crippen MR) is 104 cm³/mol. The number of nitrogens with zero attached hydrogens (tertiary/aromatic N) is 2. The average molecular weight is 418 g/mol. The zero-order chi connectivity index (χ0) is 20.8. The standard InChI is InChI=1S/C20H19FN2O5S/c1-12(27-14-6-4-13(21)5-7-14)19-22-23-20(28-19)29-11-17(24)16-10-15(25-2)8-9-18(16)26-3/h4-10,12H,11H2,1-3H3/t12-/m1/s1. The molecule has 0 spiro atoms. The number of rotatable bonds is 9. The third-order valence-electron chi connectivity index (χ3n) is 3.93. The Kier molecular flexibility index (Phi) is 6.71. The molecule has 1 heterocycles. The Balaban J connectivity index is 1.61. The van der Waals surface area contributed by atoms with Gasteiger partial charge in [-0.3, -0.25) is 4.79 Å². The van der Waals surface area contributed by atoms with Crippen LogP contribution in [0.4, 0.5) is 4.39 Å². The number of Topliss-reactive ketones (excluding diaryl/α,β-unsaturated/α-hetero) is 1. The van der Waals surface area contributed by atoms with Crippen molar-refractivity contribution >= 4 is 17.5 Å². The van der Waals surface area contributed by atoms with Crippen LogP contribution in [-0.2, 0) is 0 Å². The molecule has 2 aromatic carbocycles. The summed E-state index contributed by atoms with van der Waals surface area (Å²) in [6, 6.07) is 10.6. The Labute approximate surface area is 171 Å². The summed E-state index contributed by atoms with van der Waals surface area (Å²) in [6.45, 7) is 1.73. The van der Waals surface area contributed by atoms with Gasteiger partial charge in [-0.15, -0.1) is 10.2 Å². The van der Waals surface area contributed by atoms with Gasteiger partial charge in [-0.05, 0) is 49.4 Å². The molecule has 1 atom stereocenters. The summed E-state index contributed by atoms with van der Waals surface area (Å²) in [5, 5.41) is 8.12. The Hall–Kier alpha value is -3.07. The molecule has 0 saturated carbocycles. The van der Waals surface area contributed by atoms with Gasteiger partial charge >= 0.3 is 0 Å². The van der Waals surface area contributed by atoms with E-state index in [2.05, 4.69) is 10.2 Å². The number of hydrogen-bond acceptors (Lipinski definition) is 8. The second kappa shape index (κ2) is 9.42. The van der Waals surface area contributed by atoms with Crippen LogP contribution in [0, 0.1) is 5.82 Å². The Morgan fingerprint density at radius 2 is 1.83 bits per heavy atom. The largest absolute Gasteiger partial charge is 0.497 e. The number of carbonyl (C=O) groups is 1. The minimum atomic E-state index is -0.531. The first-order valence-corrected chi connectivity index (χ1v) is 9.62. The fourth-order valence-electron chi connectivity index (χ4n) is 2.45. The van der Waals surface area contributed by atoms with Crippen molar-refractivity contribution in [2.24, 2.45) is 0 Å². The first-order chi connectivity index (χ1) is 14.0. The molecule has 0 radical (unpaired) electrons. The van der Waals surface area contributed by atoms with Crippen molar-refractivity contribution < 1.29 is 27.8 Å². The number of halogens is 1. The van der Waals surface area contributed by atoms with E-state index in [0.29, 0.717) is 22.8 Å². The molecule has 9 heteroatoms. The molecule has 29 heavy (non-hydrogen) atoms. The molecule has 152 valence electrons. The summed E-state index contributed by atoms with van der Waals surface area (Å²) in [5.74, 6) is 1.32. The number of ether oxygens (including phenoxy) is 3. The van der Waals surface area contributed by atoms with E-state index in [1.165, 1.54) is 38.5 Å². The number of thioether (sulfide) groups is 1. The second-order valence-corrected chi connectivity index (χ2v) is 6.82. The highest BCUT2D eigenvalue weighted by Crippen LogP contribution is 2.28. The summed E-state index contributed by atoms with van der Waals surface area (Å²) in [7, 11) is 3.03. The summed E-state index contributed by atoms with van der Waals surface area (Å²) in [6.07, 6.45) is -0.531. The van der Waals surface area contributed by atoms with E-state index in [1.54, 1.807) is 25.1 Å². The topological polar surface area (TPSA) is 83.7 Å². The maximum atomic E-state index is 13.0. The minimum Gasteiger partial charge on any atom is -0.497 e. The van der Waals surface area contributed by atoms with E-state index >= 15 is 0 Å². The SMILES string of the molecule is COc1ccc(OC)c(C(=O)CSc2nnc([C@@H](C)Oc3ccc(F)cc3)o2)c1. The Morgan fingerprint density at radius 3 is 2.52 bits per heavy atom. The Bertz CT molecular complexity index is 977. The van der Waals surface area contributed by atoms with Gasteiger partial charge in [0.05, 0.1) is 25.5 Å². The fraction of sp³-hybridized carbons (Fsp3) is 0.250. The number of hydrogen-bond donors (Lipinski definition) is 0. The average Bonchev–Trinajstić information content (AvgIpc) is 3.22. The minimum absolute atomic E-state index is 0.0817. The lowest BCUT2D eigenvalue weighted by molar-refractivity contribution is 0.101. The number of ketones is 1. The van der Waals surface area contributed by atoms with Gasteiger partial charge in [0.25, 0.3) is 11.1 Å². The van der Waals surface area contributed by atoms with Crippen molar-refractivity contribution in [1.29, 1.82) is 0 Å². The molecule has 3 rings (SSSR count). The smallest absolute Gasteiger partial charge is 0.277 e. The van der Waals surface area contributed by atoms with Crippen LogP contribution in [0.3, 0.4) is 0 Å². The van der Waals surface area contributed by atoms with Gasteiger partial charge in [-0.2, -0.15) is 0 Å². The van der Waals surface area contributed by atoms with Crippen molar-refractivity contribution in [3.8, 4) is 17.2 Å². The van der Waals surface area contributed by atoms with Gasteiger partial charge in [0, 0.05) is 0 Å². The van der Waals surface area contributed by atoms with Crippen LogP contribution in [-0.4, -0.2) is 36.0 Å². The van der Waals surface area contributed by atoms with E-state index in [-0.39, 0.29) is 28.5 Å². The van der Waals surface area contributed by atoms with E-state index in [4.69, 9.17) is 18.6 Å². The van der Waals surface area contributed by atoms with Gasteiger partial charge in [-0.1, -0.05) is 11.8 Å². The quantitative estimate of drug-likeness (QED) is 0.375.